The molecule has 3 aliphatic carbocycles. The predicted octanol–water partition coefficient (Wildman–Crippen LogP) is 0.720. The number of rotatable bonds is 4. The van der Waals surface area contributed by atoms with E-state index in [1.807, 2.05) is 41.2 Å². The van der Waals surface area contributed by atoms with Crippen molar-refractivity contribution in [3.63, 3.8) is 0 Å². The predicted molar refractivity (Wildman–Crippen MR) is 144 cm³/mol. The van der Waals surface area contributed by atoms with E-state index in [1.165, 1.54) is 11.0 Å². The molecule has 6 rings (SSSR count). The first-order valence-corrected chi connectivity index (χ1v) is 13.3. The van der Waals surface area contributed by atoms with Crippen LogP contribution in [0.5, 0.6) is 5.75 Å². The molecule has 2 fully saturated rings. The Labute approximate surface area is 234 Å². The number of carbonyl (C=O) groups excluding carboxylic acids is 5. The number of aliphatic hydroxyl groups is 1. The number of benzene rings is 1. The van der Waals surface area contributed by atoms with Crippen LogP contribution in [0.1, 0.15) is 22.3 Å². The molecule has 3 aromatic rings. The van der Waals surface area contributed by atoms with Gasteiger partial charge in [0.05, 0.1) is 17.5 Å². The molecule has 2 saturated carbocycles. The van der Waals surface area contributed by atoms with Gasteiger partial charge in [0.25, 0.3) is 0 Å². The van der Waals surface area contributed by atoms with Gasteiger partial charge in [0.15, 0.2) is 34.7 Å². The highest BCUT2D eigenvalue weighted by Gasteiger charge is 2.69. The Kier molecular flexibility index (Phi) is 6.05. The molecule has 0 spiro atoms. The van der Waals surface area contributed by atoms with Gasteiger partial charge in [-0.1, -0.05) is 6.07 Å². The molecule has 2 heterocycles. The Balaban J connectivity index is 1.44. The summed E-state index contributed by atoms with van der Waals surface area (Å²) in [5, 5.41) is 22.4. The topological polar surface area (TPSA) is 173 Å². The molecule has 0 bridgehead atoms. The van der Waals surface area contributed by atoms with E-state index in [0.29, 0.717) is 22.5 Å². The molecule has 4 N–H and O–H groups in total. The lowest BCUT2D eigenvalue weighted by atomic mass is 9.52. The minimum Gasteiger partial charge on any atom is -0.507 e. The van der Waals surface area contributed by atoms with Crippen molar-refractivity contribution in [2.24, 2.45) is 29.4 Å². The van der Waals surface area contributed by atoms with Crippen LogP contribution in [0.15, 0.2) is 55.0 Å². The fourth-order valence-electron chi connectivity index (χ4n) is 7.06. The van der Waals surface area contributed by atoms with E-state index in [0.717, 1.165) is 0 Å². The number of phenols is 1. The van der Waals surface area contributed by atoms with Crippen molar-refractivity contribution >= 4 is 29.0 Å². The molecule has 0 saturated heterocycles. The van der Waals surface area contributed by atoms with E-state index in [-0.39, 0.29) is 24.2 Å². The second kappa shape index (κ2) is 9.28. The molecule has 0 aliphatic heterocycles. The van der Waals surface area contributed by atoms with Crippen LogP contribution in [-0.2, 0) is 25.6 Å². The lowest BCUT2D eigenvalue weighted by molar-refractivity contribution is -0.181. The second-order valence-corrected chi connectivity index (χ2v) is 11.3. The van der Waals surface area contributed by atoms with E-state index >= 15 is 0 Å². The summed E-state index contributed by atoms with van der Waals surface area (Å²) in [6, 6.07) is 9.33. The number of nitrogens with zero attached hydrogens (tertiary/aromatic N) is 3. The number of phenolic OH excluding ortho intramolecular Hbond substituents is 1. The molecule has 11 heteroatoms. The molecule has 210 valence electrons. The van der Waals surface area contributed by atoms with E-state index in [9.17, 15) is 34.2 Å². The number of carbonyl (C=O) groups is 5. The van der Waals surface area contributed by atoms with Gasteiger partial charge in [-0.2, -0.15) is 0 Å². The van der Waals surface area contributed by atoms with Gasteiger partial charge in [0, 0.05) is 30.1 Å². The number of nitrogens with two attached hydrogens (primary N) is 1. The van der Waals surface area contributed by atoms with Gasteiger partial charge in [-0.3, -0.25) is 28.9 Å². The normalized spacial score (nSPS) is 29.2. The summed E-state index contributed by atoms with van der Waals surface area (Å²) >= 11 is 0. The SMILES string of the molecule is CN(C)C1C(=O)C(C(N)=O)C(=O)C2(O)C(=O)C3C(=O)c4c(O)ccc(-c5ccc(-n6cccc6)nc5)c4CC3CC12. The lowest BCUT2D eigenvalue weighted by Gasteiger charge is -2.52. The number of amides is 1. The first-order valence-electron chi connectivity index (χ1n) is 13.3. The number of primary amides is 1. The first-order chi connectivity index (χ1) is 19.5. The van der Waals surface area contributed by atoms with Gasteiger partial charge in [-0.25, -0.2) is 4.98 Å². The van der Waals surface area contributed by atoms with Gasteiger partial charge in [-0.05, 0) is 74.3 Å². The summed E-state index contributed by atoms with van der Waals surface area (Å²) in [5.41, 5.74) is 4.43. The second-order valence-electron chi connectivity index (χ2n) is 11.3. The van der Waals surface area contributed by atoms with Crippen molar-refractivity contribution in [3.8, 4) is 22.7 Å². The monoisotopic (exact) mass is 556 g/mol. The number of hydrogen-bond acceptors (Lipinski definition) is 9. The maximum Gasteiger partial charge on any atom is 0.235 e. The van der Waals surface area contributed by atoms with Crippen molar-refractivity contribution < 1.29 is 34.2 Å². The molecule has 1 amide bonds. The van der Waals surface area contributed by atoms with Gasteiger partial charge in [-0.15, -0.1) is 0 Å². The number of Topliss-reactive ketones (excluding diaryl/α,β-unsaturated/α-hetero) is 4. The standard InChI is InChI=1S/C30H28N4O7/c1-33(2)24-18-12-15-11-17-16(14-5-8-20(32-13-14)34-9-3-4-10-34)6-7-19(35)22(17)25(36)21(15)27(38)30(18,41)28(39)23(26(24)37)29(31)40/h3-10,13,15,18,21,23-24,35,41H,11-12H2,1-2H3,(H2,31,40). The molecular formula is C30H28N4O7. The summed E-state index contributed by atoms with van der Waals surface area (Å²) in [4.78, 5) is 72.6. The van der Waals surface area contributed by atoms with Crippen LogP contribution in [0.4, 0.5) is 0 Å². The average molecular weight is 557 g/mol. The minimum absolute atomic E-state index is 0.0101. The first kappa shape index (κ1) is 26.7. The van der Waals surface area contributed by atoms with E-state index in [1.54, 1.807) is 26.4 Å². The third-order valence-electron chi connectivity index (χ3n) is 8.87. The van der Waals surface area contributed by atoms with Crippen LogP contribution in [0.25, 0.3) is 16.9 Å². The number of aromatic nitrogens is 2. The molecular weight excluding hydrogens is 528 g/mol. The third kappa shape index (κ3) is 3.72. The van der Waals surface area contributed by atoms with Crippen LogP contribution in [-0.4, -0.2) is 79.4 Å². The Morgan fingerprint density at radius 2 is 1.78 bits per heavy atom. The van der Waals surface area contributed by atoms with Crippen molar-refractivity contribution in [1.29, 1.82) is 0 Å². The van der Waals surface area contributed by atoms with Crippen LogP contribution >= 0.6 is 0 Å². The molecule has 2 aromatic heterocycles. The van der Waals surface area contributed by atoms with E-state index in [4.69, 9.17) is 5.73 Å². The Morgan fingerprint density at radius 3 is 2.39 bits per heavy atom. The lowest BCUT2D eigenvalue weighted by Crippen LogP contribution is -2.74. The maximum absolute atomic E-state index is 13.9. The van der Waals surface area contributed by atoms with Crippen LogP contribution < -0.4 is 5.73 Å². The van der Waals surface area contributed by atoms with E-state index < -0.39 is 64.4 Å². The number of likely N-dealkylation sites (N-methyl/N-ethyl adjacent to an activating group) is 1. The largest absolute Gasteiger partial charge is 0.507 e. The number of aromatic hydroxyl groups is 1. The highest BCUT2D eigenvalue weighted by atomic mass is 16.3. The van der Waals surface area contributed by atoms with Crippen LogP contribution in [0.2, 0.25) is 0 Å². The number of pyridine rings is 1. The van der Waals surface area contributed by atoms with Crippen LogP contribution in [0, 0.1) is 23.7 Å². The van der Waals surface area contributed by atoms with Gasteiger partial charge < -0.3 is 20.5 Å². The van der Waals surface area contributed by atoms with Crippen molar-refractivity contribution in [1.82, 2.24) is 14.5 Å². The highest BCUT2D eigenvalue weighted by Crippen LogP contribution is 2.51. The zero-order chi connectivity index (χ0) is 29.4. The summed E-state index contributed by atoms with van der Waals surface area (Å²) < 4.78 is 1.84. The number of ketones is 4. The molecule has 0 radical (unpaired) electrons. The molecule has 41 heavy (non-hydrogen) atoms. The smallest absolute Gasteiger partial charge is 0.235 e. The van der Waals surface area contributed by atoms with Gasteiger partial charge in [0.2, 0.25) is 5.91 Å². The summed E-state index contributed by atoms with van der Waals surface area (Å²) in [7, 11) is 3.10. The Bertz CT molecular complexity index is 1630. The summed E-state index contributed by atoms with van der Waals surface area (Å²) in [5.74, 6) is -10.0. The summed E-state index contributed by atoms with van der Waals surface area (Å²) in [6.45, 7) is 0. The Hall–Kier alpha value is -4.48. The fraction of sp³-hybridized carbons (Fsp3) is 0.333. The quantitative estimate of drug-likeness (QED) is 0.391. The molecule has 11 nitrogen and oxygen atoms in total. The van der Waals surface area contributed by atoms with E-state index in [2.05, 4.69) is 4.98 Å². The number of hydrogen-bond donors (Lipinski definition) is 3. The average Bonchev–Trinajstić information content (AvgIpc) is 3.46. The molecule has 6 unspecified atom stereocenters. The van der Waals surface area contributed by atoms with Crippen molar-refractivity contribution in [3.05, 3.63) is 66.1 Å². The maximum atomic E-state index is 13.9. The van der Waals surface area contributed by atoms with Crippen molar-refractivity contribution in [2.45, 2.75) is 24.5 Å². The van der Waals surface area contributed by atoms with Crippen LogP contribution in [0.3, 0.4) is 0 Å². The zero-order valence-electron chi connectivity index (χ0n) is 22.4. The highest BCUT2D eigenvalue weighted by molar-refractivity contribution is 6.32. The number of fused-ring (bicyclic) bond motifs is 3. The fourth-order valence-corrected chi connectivity index (χ4v) is 7.06. The minimum atomic E-state index is -2.75. The third-order valence-corrected chi connectivity index (χ3v) is 8.87. The zero-order valence-corrected chi connectivity index (χ0v) is 22.4. The Morgan fingerprint density at radius 1 is 1.07 bits per heavy atom. The molecule has 3 aliphatic rings. The van der Waals surface area contributed by atoms with Crippen molar-refractivity contribution in [2.75, 3.05) is 14.1 Å². The molecule has 1 aromatic carbocycles. The van der Waals surface area contributed by atoms with Gasteiger partial charge in [0.1, 0.15) is 11.6 Å². The summed E-state index contributed by atoms with van der Waals surface area (Å²) in [6.07, 6.45) is 5.54. The van der Waals surface area contributed by atoms with Gasteiger partial charge >= 0.3 is 0 Å². The molecule has 6 atom stereocenters.